The number of nitro benzene ring substituents is 1. The first-order chi connectivity index (χ1) is 13.4. The van der Waals surface area contributed by atoms with E-state index >= 15 is 0 Å². The quantitative estimate of drug-likeness (QED) is 0.458. The van der Waals surface area contributed by atoms with Gasteiger partial charge in [-0.25, -0.2) is 4.79 Å². The van der Waals surface area contributed by atoms with E-state index in [0.717, 1.165) is 11.8 Å². The van der Waals surface area contributed by atoms with Gasteiger partial charge >= 0.3 is 5.97 Å². The number of anilines is 1. The molecule has 0 bridgehead atoms. The Morgan fingerprint density at radius 2 is 1.68 bits per heavy atom. The van der Waals surface area contributed by atoms with Gasteiger partial charge in [0.1, 0.15) is 0 Å². The smallest absolute Gasteiger partial charge is 0.338 e. The van der Waals surface area contributed by atoms with Gasteiger partial charge in [-0.1, -0.05) is 18.2 Å². The number of hydrogen-bond donors (Lipinski definition) is 0. The Morgan fingerprint density at radius 1 is 1.04 bits per heavy atom. The number of carbonyl (C=O) groups excluding carboxylic acids is 2. The number of methoxy groups -OCH3 is 1. The van der Waals surface area contributed by atoms with Crippen LogP contribution in [-0.4, -0.2) is 55.0 Å². The predicted octanol–water partition coefficient (Wildman–Crippen LogP) is 2.65. The highest BCUT2D eigenvalue weighted by molar-refractivity contribution is 5.99. The molecule has 1 aliphatic heterocycles. The zero-order chi connectivity index (χ0) is 20.3. The lowest BCUT2D eigenvalue weighted by Crippen LogP contribution is -2.49. The van der Waals surface area contributed by atoms with Gasteiger partial charge in [0, 0.05) is 49.6 Å². The molecular formula is C20H21N3O5. The molecule has 0 atom stereocenters. The highest BCUT2D eigenvalue weighted by Gasteiger charge is 2.25. The highest BCUT2D eigenvalue weighted by atomic mass is 16.6. The fraction of sp³-hybridized carbons (Fsp3) is 0.300. The zero-order valence-electron chi connectivity index (χ0n) is 15.8. The molecule has 1 amide bonds. The van der Waals surface area contributed by atoms with Crippen molar-refractivity contribution in [2.24, 2.45) is 0 Å². The van der Waals surface area contributed by atoms with Gasteiger partial charge in [0.25, 0.3) is 11.6 Å². The van der Waals surface area contributed by atoms with Crippen molar-refractivity contribution in [1.82, 2.24) is 4.90 Å². The van der Waals surface area contributed by atoms with Gasteiger partial charge in [-0.05, 0) is 24.6 Å². The van der Waals surface area contributed by atoms with Crippen LogP contribution in [0.2, 0.25) is 0 Å². The molecule has 2 aromatic rings. The van der Waals surface area contributed by atoms with Crippen LogP contribution in [0.3, 0.4) is 0 Å². The Hall–Kier alpha value is -3.42. The van der Waals surface area contributed by atoms with E-state index < -0.39 is 10.9 Å². The van der Waals surface area contributed by atoms with Gasteiger partial charge < -0.3 is 14.5 Å². The Balaban J connectivity index is 1.78. The molecule has 1 heterocycles. The number of piperazine rings is 1. The fourth-order valence-corrected chi connectivity index (χ4v) is 3.33. The number of non-ortho nitro benzene ring substituents is 1. The molecule has 28 heavy (non-hydrogen) atoms. The molecule has 1 fully saturated rings. The van der Waals surface area contributed by atoms with Crippen LogP contribution in [0, 0.1) is 17.0 Å². The van der Waals surface area contributed by atoms with E-state index in [1.807, 2.05) is 25.1 Å². The molecule has 0 saturated carbocycles. The summed E-state index contributed by atoms with van der Waals surface area (Å²) in [6.07, 6.45) is 0. The van der Waals surface area contributed by atoms with Gasteiger partial charge in [0.15, 0.2) is 0 Å². The molecular weight excluding hydrogens is 362 g/mol. The lowest BCUT2D eigenvalue weighted by molar-refractivity contribution is -0.384. The number of nitro groups is 1. The Morgan fingerprint density at radius 3 is 2.29 bits per heavy atom. The zero-order valence-corrected chi connectivity index (χ0v) is 15.8. The third-order valence-corrected chi connectivity index (χ3v) is 4.82. The molecule has 8 nitrogen and oxygen atoms in total. The predicted molar refractivity (Wildman–Crippen MR) is 104 cm³/mol. The molecule has 0 spiro atoms. The molecule has 2 aromatic carbocycles. The number of amides is 1. The molecule has 1 aliphatic rings. The number of aryl methyl sites for hydroxylation is 1. The number of para-hydroxylation sites is 1. The molecule has 0 radical (unpaired) electrons. The third-order valence-electron chi connectivity index (χ3n) is 4.82. The lowest BCUT2D eigenvalue weighted by Gasteiger charge is -2.36. The minimum Gasteiger partial charge on any atom is -0.465 e. The summed E-state index contributed by atoms with van der Waals surface area (Å²) >= 11 is 0. The summed E-state index contributed by atoms with van der Waals surface area (Å²) < 4.78 is 4.63. The van der Waals surface area contributed by atoms with Gasteiger partial charge in [0.2, 0.25) is 0 Å². The minimum atomic E-state index is -0.720. The molecule has 3 rings (SSSR count). The number of hydrogen-bond acceptors (Lipinski definition) is 6. The highest BCUT2D eigenvalue weighted by Crippen LogP contribution is 2.23. The van der Waals surface area contributed by atoms with E-state index in [1.54, 1.807) is 4.90 Å². The van der Waals surface area contributed by atoms with Crippen LogP contribution in [0.5, 0.6) is 0 Å². The minimum absolute atomic E-state index is 0.0152. The fourth-order valence-electron chi connectivity index (χ4n) is 3.33. The Kier molecular flexibility index (Phi) is 5.58. The summed E-state index contributed by atoms with van der Waals surface area (Å²) in [6, 6.07) is 11.7. The van der Waals surface area contributed by atoms with Crippen LogP contribution in [0.25, 0.3) is 0 Å². The van der Waals surface area contributed by atoms with Crippen molar-refractivity contribution >= 4 is 23.3 Å². The van der Waals surface area contributed by atoms with Gasteiger partial charge in [-0.15, -0.1) is 0 Å². The Bertz CT molecular complexity index is 920. The van der Waals surface area contributed by atoms with Crippen molar-refractivity contribution in [3.8, 4) is 0 Å². The van der Waals surface area contributed by atoms with Crippen molar-refractivity contribution in [3.05, 3.63) is 69.3 Å². The second-order valence-corrected chi connectivity index (χ2v) is 6.58. The first-order valence-electron chi connectivity index (χ1n) is 8.88. The normalized spacial score (nSPS) is 13.9. The molecule has 1 saturated heterocycles. The van der Waals surface area contributed by atoms with Crippen molar-refractivity contribution in [2.45, 2.75) is 6.92 Å². The first kappa shape index (κ1) is 19.3. The van der Waals surface area contributed by atoms with E-state index in [4.69, 9.17) is 0 Å². The van der Waals surface area contributed by atoms with E-state index in [1.165, 1.54) is 24.8 Å². The molecule has 0 N–H and O–H groups in total. The monoisotopic (exact) mass is 383 g/mol. The summed E-state index contributed by atoms with van der Waals surface area (Å²) in [6.45, 7) is 4.35. The van der Waals surface area contributed by atoms with Crippen molar-refractivity contribution in [3.63, 3.8) is 0 Å². The second-order valence-electron chi connectivity index (χ2n) is 6.58. The largest absolute Gasteiger partial charge is 0.465 e. The molecule has 0 unspecified atom stereocenters. The van der Waals surface area contributed by atoms with Crippen LogP contribution in [0.15, 0.2) is 42.5 Å². The second kappa shape index (κ2) is 8.08. The molecule has 0 aromatic heterocycles. The van der Waals surface area contributed by atoms with E-state index in [2.05, 4.69) is 15.7 Å². The van der Waals surface area contributed by atoms with Crippen molar-refractivity contribution in [2.75, 3.05) is 38.2 Å². The van der Waals surface area contributed by atoms with Gasteiger partial charge in [0.05, 0.1) is 17.6 Å². The number of esters is 1. The summed E-state index contributed by atoms with van der Waals surface area (Å²) in [5, 5.41) is 11.2. The Labute approximate surface area is 162 Å². The van der Waals surface area contributed by atoms with Crippen molar-refractivity contribution < 1.29 is 19.2 Å². The molecule has 146 valence electrons. The maximum Gasteiger partial charge on any atom is 0.338 e. The van der Waals surface area contributed by atoms with Gasteiger partial charge in [-0.2, -0.15) is 0 Å². The van der Waals surface area contributed by atoms with E-state index in [9.17, 15) is 19.7 Å². The summed E-state index contributed by atoms with van der Waals surface area (Å²) in [5.41, 5.74) is 2.09. The average molecular weight is 383 g/mol. The van der Waals surface area contributed by atoms with Gasteiger partial charge in [-0.3, -0.25) is 14.9 Å². The molecule has 8 heteroatoms. The third kappa shape index (κ3) is 3.95. The van der Waals surface area contributed by atoms with Crippen LogP contribution < -0.4 is 4.90 Å². The maximum absolute atomic E-state index is 12.9. The van der Waals surface area contributed by atoms with Crippen LogP contribution in [0.4, 0.5) is 11.4 Å². The number of rotatable bonds is 4. The van der Waals surface area contributed by atoms with E-state index in [0.29, 0.717) is 26.2 Å². The number of carbonyl (C=O) groups is 2. The summed E-state index contributed by atoms with van der Waals surface area (Å²) in [4.78, 5) is 39.1. The molecule has 0 aliphatic carbocycles. The number of benzene rings is 2. The average Bonchev–Trinajstić information content (AvgIpc) is 2.72. The standard InChI is InChI=1S/C20H21N3O5/c1-14-5-3-4-6-18(14)21-7-9-22(10-8-21)19(24)15-11-16(20(25)28-2)13-17(12-15)23(26)27/h3-6,11-13H,7-10H2,1-2H3. The number of nitrogens with zero attached hydrogens (tertiary/aromatic N) is 3. The SMILES string of the molecule is COC(=O)c1cc(C(=O)N2CCN(c3ccccc3C)CC2)cc([N+](=O)[O-])c1. The summed E-state index contributed by atoms with van der Waals surface area (Å²) in [7, 11) is 1.19. The van der Waals surface area contributed by atoms with Crippen LogP contribution >= 0.6 is 0 Å². The van der Waals surface area contributed by atoms with Crippen molar-refractivity contribution in [1.29, 1.82) is 0 Å². The lowest BCUT2D eigenvalue weighted by atomic mass is 10.1. The maximum atomic E-state index is 12.9. The summed E-state index contributed by atoms with van der Waals surface area (Å²) in [5.74, 6) is -1.06. The van der Waals surface area contributed by atoms with Crippen LogP contribution in [-0.2, 0) is 4.74 Å². The van der Waals surface area contributed by atoms with E-state index in [-0.39, 0.29) is 22.7 Å². The number of ether oxygens (including phenoxy) is 1. The topological polar surface area (TPSA) is 93.0 Å². The van der Waals surface area contributed by atoms with Crippen LogP contribution in [0.1, 0.15) is 26.3 Å². The first-order valence-corrected chi connectivity index (χ1v) is 8.88.